The maximum absolute atomic E-state index is 12.3. The van der Waals surface area contributed by atoms with Crippen molar-refractivity contribution in [3.63, 3.8) is 0 Å². The topological polar surface area (TPSA) is 67.6 Å². The van der Waals surface area contributed by atoms with E-state index < -0.39 is 0 Å². The molecular formula is C18H31Cl2N3O2. The minimum atomic E-state index is -0.350. The average molecular weight is 392 g/mol. The Balaban J connectivity index is 0.00000288. The predicted octanol–water partition coefficient (Wildman–Crippen LogP) is 2.54. The van der Waals surface area contributed by atoms with E-state index in [1.165, 1.54) is 5.56 Å². The van der Waals surface area contributed by atoms with E-state index in [1.807, 2.05) is 18.2 Å². The molecule has 0 aliphatic carbocycles. The highest BCUT2D eigenvalue weighted by atomic mass is 35.5. The summed E-state index contributed by atoms with van der Waals surface area (Å²) >= 11 is 0. The molecule has 3 atom stereocenters. The maximum Gasteiger partial charge on any atom is 0.249 e. The first-order valence-electron chi connectivity index (χ1n) is 8.61. The molecule has 1 fully saturated rings. The summed E-state index contributed by atoms with van der Waals surface area (Å²) < 4.78 is 5.67. The Morgan fingerprint density at radius 1 is 1.24 bits per heavy atom. The standard InChI is InChI=1S/C18H29N3O2.2ClH/c1-3-21(4-2)16(14-8-6-5-7-9-14)13-20-18(22)17-11-10-15(12-19)23-17;;/h5-9,15-17H,3-4,10-13,19H2,1-2H3,(H,20,22);2*1H/t15-,16?,17+;;/m1../s1. The lowest BCUT2D eigenvalue weighted by atomic mass is 10.0. The number of benzene rings is 1. The van der Waals surface area contributed by atoms with E-state index in [4.69, 9.17) is 10.5 Å². The van der Waals surface area contributed by atoms with Crippen LogP contribution in [0.4, 0.5) is 0 Å². The highest BCUT2D eigenvalue weighted by Crippen LogP contribution is 2.21. The number of carbonyl (C=O) groups excluding carboxylic acids is 1. The summed E-state index contributed by atoms with van der Waals surface area (Å²) in [7, 11) is 0. The van der Waals surface area contributed by atoms with Crippen LogP contribution in [-0.2, 0) is 9.53 Å². The molecule has 0 saturated carbocycles. The normalized spacial score (nSPS) is 20.5. The zero-order chi connectivity index (χ0) is 16.7. The van der Waals surface area contributed by atoms with Gasteiger partial charge in [0.15, 0.2) is 0 Å². The second-order valence-corrected chi connectivity index (χ2v) is 5.95. The monoisotopic (exact) mass is 391 g/mol. The molecule has 1 unspecified atom stereocenters. The summed E-state index contributed by atoms with van der Waals surface area (Å²) in [6.45, 7) is 7.26. The van der Waals surface area contributed by atoms with Gasteiger partial charge in [-0.25, -0.2) is 0 Å². The summed E-state index contributed by atoms with van der Waals surface area (Å²) in [4.78, 5) is 14.7. The van der Waals surface area contributed by atoms with Gasteiger partial charge in [0.1, 0.15) is 6.10 Å². The van der Waals surface area contributed by atoms with Crippen LogP contribution in [0.3, 0.4) is 0 Å². The number of ether oxygens (including phenoxy) is 1. The Morgan fingerprint density at radius 2 is 1.88 bits per heavy atom. The molecule has 3 N–H and O–H groups in total. The zero-order valence-electron chi connectivity index (χ0n) is 15.0. The van der Waals surface area contributed by atoms with E-state index in [0.29, 0.717) is 13.1 Å². The molecule has 1 aliphatic rings. The van der Waals surface area contributed by atoms with Crippen molar-refractivity contribution < 1.29 is 9.53 Å². The van der Waals surface area contributed by atoms with Gasteiger partial charge < -0.3 is 15.8 Å². The van der Waals surface area contributed by atoms with Crippen molar-refractivity contribution in [2.24, 2.45) is 5.73 Å². The van der Waals surface area contributed by atoms with Gasteiger partial charge in [0.2, 0.25) is 5.91 Å². The van der Waals surface area contributed by atoms with Crippen LogP contribution in [0.5, 0.6) is 0 Å². The Hall–Kier alpha value is -0.850. The van der Waals surface area contributed by atoms with Crippen molar-refractivity contribution >= 4 is 30.7 Å². The third-order valence-corrected chi connectivity index (χ3v) is 4.57. The summed E-state index contributed by atoms with van der Waals surface area (Å²) in [5.41, 5.74) is 6.83. The number of amides is 1. The predicted molar refractivity (Wildman–Crippen MR) is 107 cm³/mol. The van der Waals surface area contributed by atoms with Crippen LogP contribution in [0.2, 0.25) is 0 Å². The lowest BCUT2D eigenvalue weighted by Crippen LogP contribution is -2.42. The number of nitrogens with two attached hydrogens (primary N) is 1. The van der Waals surface area contributed by atoms with E-state index in [2.05, 4.69) is 36.2 Å². The molecule has 0 radical (unpaired) electrons. The largest absolute Gasteiger partial charge is 0.364 e. The number of carbonyl (C=O) groups is 1. The van der Waals surface area contributed by atoms with Gasteiger partial charge in [-0.2, -0.15) is 0 Å². The highest BCUT2D eigenvalue weighted by Gasteiger charge is 2.30. The van der Waals surface area contributed by atoms with Crippen molar-refractivity contribution in [3.8, 4) is 0 Å². The minimum absolute atomic E-state index is 0. The highest BCUT2D eigenvalue weighted by molar-refractivity contribution is 5.85. The third kappa shape index (κ3) is 6.76. The van der Waals surface area contributed by atoms with Crippen molar-refractivity contribution in [1.82, 2.24) is 10.2 Å². The van der Waals surface area contributed by atoms with Gasteiger partial charge in [-0.05, 0) is 31.5 Å². The number of nitrogens with one attached hydrogen (secondary N) is 1. The van der Waals surface area contributed by atoms with Gasteiger partial charge in [-0.1, -0.05) is 44.2 Å². The fourth-order valence-corrected chi connectivity index (χ4v) is 3.18. The Labute approximate surface area is 163 Å². The van der Waals surface area contributed by atoms with E-state index in [0.717, 1.165) is 25.9 Å². The third-order valence-electron chi connectivity index (χ3n) is 4.57. The van der Waals surface area contributed by atoms with Gasteiger partial charge in [0.05, 0.1) is 12.1 Å². The maximum atomic E-state index is 12.3. The number of nitrogens with zero attached hydrogens (tertiary/aromatic N) is 1. The van der Waals surface area contributed by atoms with Crippen LogP contribution >= 0.6 is 24.8 Å². The van der Waals surface area contributed by atoms with Gasteiger partial charge in [0, 0.05) is 13.1 Å². The zero-order valence-corrected chi connectivity index (χ0v) is 16.7. The SMILES string of the molecule is CCN(CC)C(CNC(=O)[C@@H]1CC[C@H](CN)O1)c1ccccc1.Cl.Cl. The lowest BCUT2D eigenvalue weighted by molar-refractivity contribution is -0.132. The summed E-state index contributed by atoms with van der Waals surface area (Å²) in [6, 6.07) is 10.5. The van der Waals surface area contributed by atoms with E-state index in [9.17, 15) is 4.79 Å². The Morgan fingerprint density at radius 3 is 2.40 bits per heavy atom. The second kappa shape index (κ2) is 12.5. The molecule has 0 aromatic heterocycles. The summed E-state index contributed by atoms with van der Waals surface area (Å²) in [5, 5.41) is 3.07. The van der Waals surface area contributed by atoms with Crippen LogP contribution in [0, 0.1) is 0 Å². The average Bonchev–Trinajstić information content (AvgIpc) is 3.08. The number of halogens is 2. The lowest BCUT2D eigenvalue weighted by Gasteiger charge is -2.30. The molecule has 5 nitrogen and oxygen atoms in total. The van der Waals surface area contributed by atoms with Crippen molar-refractivity contribution in [2.75, 3.05) is 26.2 Å². The summed E-state index contributed by atoms with van der Waals surface area (Å²) in [6.07, 6.45) is 1.30. The van der Waals surface area contributed by atoms with Crippen molar-refractivity contribution in [1.29, 1.82) is 0 Å². The minimum Gasteiger partial charge on any atom is -0.364 e. The van der Waals surface area contributed by atoms with Gasteiger partial charge >= 0.3 is 0 Å². The molecule has 1 amide bonds. The first kappa shape index (κ1) is 24.1. The quantitative estimate of drug-likeness (QED) is 0.714. The molecule has 0 spiro atoms. The first-order valence-corrected chi connectivity index (χ1v) is 8.61. The van der Waals surface area contributed by atoms with Crippen LogP contribution in [0.25, 0.3) is 0 Å². The molecule has 0 bridgehead atoms. The van der Waals surface area contributed by atoms with Crippen molar-refractivity contribution in [2.45, 2.75) is 44.9 Å². The molecule has 1 heterocycles. The van der Waals surface area contributed by atoms with Gasteiger partial charge in [-0.3, -0.25) is 9.69 Å². The van der Waals surface area contributed by atoms with Crippen LogP contribution in [0.1, 0.15) is 38.3 Å². The summed E-state index contributed by atoms with van der Waals surface area (Å²) in [5.74, 6) is -0.0194. The molecule has 25 heavy (non-hydrogen) atoms. The fourth-order valence-electron chi connectivity index (χ4n) is 3.18. The Bertz CT molecular complexity index is 486. The van der Waals surface area contributed by atoms with E-state index in [-0.39, 0.29) is 49.0 Å². The molecule has 2 rings (SSSR count). The molecule has 1 saturated heterocycles. The van der Waals surface area contributed by atoms with Crippen LogP contribution in [0.15, 0.2) is 30.3 Å². The smallest absolute Gasteiger partial charge is 0.249 e. The molecule has 7 heteroatoms. The number of likely N-dealkylation sites (N-methyl/N-ethyl adjacent to an activating group) is 1. The van der Waals surface area contributed by atoms with Crippen LogP contribution < -0.4 is 11.1 Å². The van der Waals surface area contributed by atoms with E-state index in [1.54, 1.807) is 0 Å². The van der Waals surface area contributed by atoms with Gasteiger partial charge in [0.25, 0.3) is 0 Å². The molecular weight excluding hydrogens is 361 g/mol. The molecule has 1 aliphatic heterocycles. The fraction of sp³-hybridized carbons (Fsp3) is 0.611. The number of rotatable bonds is 8. The van der Waals surface area contributed by atoms with Gasteiger partial charge in [-0.15, -0.1) is 24.8 Å². The Kier molecular flexibility index (Phi) is 12.1. The van der Waals surface area contributed by atoms with Crippen LogP contribution in [-0.4, -0.2) is 49.2 Å². The molecule has 144 valence electrons. The molecule has 1 aromatic carbocycles. The molecule has 1 aromatic rings. The van der Waals surface area contributed by atoms with E-state index >= 15 is 0 Å². The first-order chi connectivity index (χ1) is 11.2. The number of hydrogen-bond donors (Lipinski definition) is 2. The number of hydrogen-bond acceptors (Lipinski definition) is 4. The second-order valence-electron chi connectivity index (χ2n) is 5.95. The van der Waals surface area contributed by atoms with Crippen molar-refractivity contribution in [3.05, 3.63) is 35.9 Å².